The SMILES string of the molecule is CCC(C)OC(=O)c1ccccc1C(=O)[O-].[K+]. The average Bonchev–Trinajstić information content (AvgIpc) is 2.28. The molecule has 4 nitrogen and oxygen atoms in total. The van der Waals surface area contributed by atoms with Crippen LogP contribution in [0.25, 0.3) is 0 Å². The Morgan fingerprint density at radius 1 is 1.29 bits per heavy atom. The van der Waals surface area contributed by atoms with Crippen LogP contribution in [0.3, 0.4) is 0 Å². The number of carbonyl (C=O) groups excluding carboxylic acids is 2. The van der Waals surface area contributed by atoms with E-state index in [2.05, 4.69) is 0 Å². The second-order valence-corrected chi connectivity index (χ2v) is 3.46. The minimum atomic E-state index is -1.38. The number of aromatic carboxylic acids is 1. The molecule has 5 heteroatoms. The summed E-state index contributed by atoms with van der Waals surface area (Å²) in [6.45, 7) is 3.63. The molecule has 0 N–H and O–H groups in total. The van der Waals surface area contributed by atoms with Crippen molar-refractivity contribution in [2.24, 2.45) is 0 Å². The summed E-state index contributed by atoms with van der Waals surface area (Å²) in [6.07, 6.45) is 0.446. The Balaban J connectivity index is 0.00000256. The van der Waals surface area contributed by atoms with Crippen molar-refractivity contribution in [2.75, 3.05) is 0 Å². The van der Waals surface area contributed by atoms with Crippen LogP contribution in [0.15, 0.2) is 24.3 Å². The summed E-state index contributed by atoms with van der Waals surface area (Å²) in [5, 5.41) is 10.8. The fourth-order valence-electron chi connectivity index (χ4n) is 1.17. The number of carbonyl (C=O) groups is 2. The molecule has 0 saturated heterocycles. The van der Waals surface area contributed by atoms with Crippen molar-refractivity contribution in [3.63, 3.8) is 0 Å². The van der Waals surface area contributed by atoms with Gasteiger partial charge in [0, 0.05) is 5.56 Å². The van der Waals surface area contributed by atoms with E-state index in [1.54, 1.807) is 13.0 Å². The molecule has 0 spiro atoms. The van der Waals surface area contributed by atoms with Gasteiger partial charge in [-0.25, -0.2) is 4.79 Å². The zero-order valence-electron chi connectivity index (χ0n) is 10.2. The van der Waals surface area contributed by atoms with Crippen molar-refractivity contribution < 1.29 is 70.8 Å². The molecule has 17 heavy (non-hydrogen) atoms. The van der Waals surface area contributed by atoms with E-state index in [4.69, 9.17) is 4.74 Å². The molecule has 0 heterocycles. The fraction of sp³-hybridized carbons (Fsp3) is 0.333. The summed E-state index contributed by atoms with van der Waals surface area (Å²) in [6, 6.07) is 5.85. The number of ether oxygens (including phenoxy) is 1. The fourth-order valence-corrected chi connectivity index (χ4v) is 1.17. The van der Waals surface area contributed by atoms with E-state index in [-0.39, 0.29) is 68.6 Å². The van der Waals surface area contributed by atoms with Gasteiger partial charge in [0.15, 0.2) is 0 Å². The van der Waals surface area contributed by atoms with Crippen LogP contribution in [0.5, 0.6) is 0 Å². The normalized spacial score (nSPS) is 11.2. The van der Waals surface area contributed by atoms with Gasteiger partial charge in [-0.05, 0) is 19.4 Å². The predicted molar refractivity (Wildman–Crippen MR) is 55.9 cm³/mol. The molecule has 0 aliphatic heterocycles. The molecule has 0 fully saturated rings. The zero-order chi connectivity index (χ0) is 12.1. The van der Waals surface area contributed by atoms with Crippen molar-refractivity contribution in [1.29, 1.82) is 0 Å². The van der Waals surface area contributed by atoms with Crippen molar-refractivity contribution in [3.8, 4) is 0 Å². The number of hydrogen-bond acceptors (Lipinski definition) is 4. The molecule has 1 aromatic carbocycles. The Hall–Kier alpha value is -0.204. The Kier molecular flexibility index (Phi) is 7.90. The van der Waals surface area contributed by atoms with Gasteiger partial charge in [-0.2, -0.15) is 0 Å². The maximum atomic E-state index is 11.6. The molecule has 1 aromatic rings. The third kappa shape index (κ3) is 4.89. The molecular formula is C12H13KO4. The van der Waals surface area contributed by atoms with Crippen LogP contribution in [0.2, 0.25) is 0 Å². The number of hydrogen-bond donors (Lipinski definition) is 0. The summed E-state index contributed by atoms with van der Waals surface area (Å²) in [5.74, 6) is -2.01. The summed E-state index contributed by atoms with van der Waals surface area (Å²) >= 11 is 0. The standard InChI is InChI=1S/C12H14O4.K/c1-3-8(2)16-12(15)10-7-5-4-6-9(10)11(13)14;/h4-8H,3H2,1-2H3,(H,13,14);/q;+1/p-1. The van der Waals surface area contributed by atoms with Gasteiger partial charge >= 0.3 is 57.4 Å². The molecule has 0 amide bonds. The number of carboxylic acid groups (broad SMARTS) is 1. The van der Waals surface area contributed by atoms with Crippen LogP contribution >= 0.6 is 0 Å². The first kappa shape index (κ1) is 16.8. The smallest absolute Gasteiger partial charge is 0.545 e. The second kappa shape index (κ2) is 8.00. The number of esters is 1. The van der Waals surface area contributed by atoms with Gasteiger partial charge in [0.25, 0.3) is 0 Å². The quantitative estimate of drug-likeness (QED) is 0.464. The van der Waals surface area contributed by atoms with Crippen molar-refractivity contribution in [2.45, 2.75) is 26.4 Å². The minimum absolute atomic E-state index is 0. The Labute approximate surface area is 143 Å². The Bertz CT molecular complexity index is 403. The van der Waals surface area contributed by atoms with Gasteiger partial charge in [-0.3, -0.25) is 0 Å². The third-order valence-electron chi connectivity index (χ3n) is 2.25. The number of benzene rings is 1. The van der Waals surface area contributed by atoms with Crippen LogP contribution in [-0.4, -0.2) is 18.0 Å². The first-order chi connectivity index (χ1) is 7.56. The van der Waals surface area contributed by atoms with E-state index in [1.807, 2.05) is 6.92 Å². The molecule has 0 radical (unpaired) electrons. The van der Waals surface area contributed by atoms with Crippen LogP contribution < -0.4 is 56.5 Å². The number of rotatable bonds is 4. The van der Waals surface area contributed by atoms with Gasteiger partial charge in [-0.1, -0.05) is 25.1 Å². The monoisotopic (exact) mass is 260 g/mol. The van der Waals surface area contributed by atoms with Gasteiger partial charge in [0.2, 0.25) is 0 Å². The molecule has 1 unspecified atom stereocenters. The molecule has 86 valence electrons. The van der Waals surface area contributed by atoms with Gasteiger partial charge in [0.1, 0.15) is 0 Å². The second-order valence-electron chi connectivity index (χ2n) is 3.46. The van der Waals surface area contributed by atoms with E-state index >= 15 is 0 Å². The van der Waals surface area contributed by atoms with Crippen LogP contribution in [0.1, 0.15) is 41.0 Å². The van der Waals surface area contributed by atoms with Crippen LogP contribution in [0, 0.1) is 0 Å². The van der Waals surface area contributed by atoms with Gasteiger partial charge in [-0.15, -0.1) is 0 Å². The van der Waals surface area contributed by atoms with Crippen LogP contribution in [-0.2, 0) is 4.74 Å². The first-order valence-corrected chi connectivity index (χ1v) is 5.07. The van der Waals surface area contributed by atoms with E-state index in [1.165, 1.54) is 18.2 Å². The van der Waals surface area contributed by atoms with Crippen molar-refractivity contribution in [1.82, 2.24) is 0 Å². The molecule has 0 saturated carbocycles. The molecule has 0 aliphatic carbocycles. The van der Waals surface area contributed by atoms with Crippen molar-refractivity contribution >= 4 is 11.9 Å². The van der Waals surface area contributed by atoms with Gasteiger partial charge < -0.3 is 14.6 Å². The topological polar surface area (TPSA) is 66.4 Å². The number of carboxylic acids is 1. The Morgan fingerprint density at radius 2 is 1.82 bits per heavy atom. The van der Waals surface area contributed by atoms with Crippen molar-refractivity contribution in [3.05, 3.63) is 35.4 Å². The maximum absolute atomic E-state index is 11.6. The molecule has 1 rings (SSSR count). The summed E-state index contributed by atoms with van der Waals surface area (Å²) in [5.41, 5.74) is -0.112. The van der Waals surface area contributed by atoms with E-state index in [9.17, 15) is 14.7 Å². The van der Waals surface area contributed by atoms with Crippen LogP contribution in [0.4, 0.5) is 0 Å². The minimum Gasteiger partial charge on any atom is -0.545 e. The van der Waals surface area contributed by atoms with E-state index < -0.39 is 11.9 Å². The average molecular weight is 260 g/mol. The zero-order valence-corrected chi connectivity index (χ0v) is 13.3. The predicted octanol–water partition coefficient (Wildman–Crippen LogP) is -1.99. The molecule has 0 bridgehead atoms. The largest absolute Gasteiger partial charge is 1.00 e. The van der Waals surface area contributed by atoms with E-state index in [0.29, 0.717) is 6.42 Å². The summed E-state index contributed by atoms with van der Waals surface area (Å²) in [7, 11) is 0. The maximum Gasteiger partial charge on any atom is 1.00 e. The summed E-state index contributed by atoms with van der Waals surface area (Å²) in [4.78, 5) is 22.4. The van der Waals surface area contributed by atoms with Gasteiger partial charge in [0.05, 0.1) is 17.6 Å². The van der Waals surface area contributed by atoms with E-state index in [0.717, 1.165) is 0 Å². The molecule has 0 aromatic heterocycles. The Morgan fingerprint density at radius 3 is 2.29 bits per heavy atom. The first-order valence-electron chi connectivity index (χ1n) is 5.07. The molecular weight excluding hydrogens is 247 g/mol. The summed E-state index contributed by atoms with van der Waals surface area (Å²) < 4.78 is 5.05. The molecule has 1 atom stereocenters. The molecule has 0 aliphatic rings. The third-order valence-corrected chi connectivity index (χ3v) is 2.25.